The number of aryl methyl sites for hydroxylation is 1. The summed E-state index contributed by atoms with van der Waals surface area (Å²) in [7, 11) is 0. The van der Waals surface area contributed by atoms with E-state index in [1.165, 1.54) is 12.1 Å². The normalized spacial score (nSPS) is 16.4. The fourth-order valence-corrected chi connectivity index (χ4v) is 4.36. The lowest BCUT2D eigenvalue weighted by Crippen LogP contribution is -2.47. The predicted octanol–water partition coefficient (Wildman–Crippen LogP) is 5.83. The predicted molar refractivity (Wildman–Crippen MR) is 112 cm³/mol. The van der Waals surface area contributed by atoms with E-state index in [-0.39, 0.29) is 0 Å². The number of hydrogen-bond acceptors (Lipinski definition) is 4. The highest BCUT2D eigenvalue weighted by Crippen LogP contribution is 2.34. The Morgan fingerprint density at radius 1 is 1.13 bits per heavy atom. The number of benzene rings is 2. The van der Waals surface area contributed by atoms with Gasteiger partial charge in [-0.2, -0.15) is 18.4 Å². The van der Waals surface area contributed by atoms with Crippen LogP contribution in [0.25, 0.3) is 0 Å². The first-order valence-corrected chi connectivity index (χ1v) is 10.7. The molecule has 0 amide bonds. The summed E-state index contributed by atoms with van der Waals surface area (Å²) in [6.07, 6.45) is -4.29. The molecule has 0 aliphatic carbocycles. The van der Waals surface area contributed by atoms with Crippen LogP contribution in [0.4, 0.5) is 23.2 Å². The number of alkyl halides is 3. The standard InChI is InChI=1S/C21H20ClF4N3S/c1-14-10-17(23)18(11-20(14)30-13-21(24,25)26)28-6-8-29(9-7-28)19(12-27)15-2-4-16(22)5-3-15/h2-5,10-11,19H,6-9,13H2,1H3. The number of hydrogen-bond donors (Lipinski definition) is 0. The second-order valence-corrected chi connectivity index (χ2v) is 8.53. The van der Waals surface area contributed by atoms with Gasteiger partial charge in [0, 0.05) is 36.1 Å². The molecule has 0 aromatic heterocycles. The summed E-state index contributed by atoms with van der Waals surface area (Å²) < 4.78 is 52.3. The van der Waals surface area contributed by atoms with E-state index in [1.807, 2.05) is 21.9 Å². The van der Waals surface area contributed by atoms with Gasteiger partial charge in [-0.25, -0.2) is 4.39 Å². The van der Waals surface area contributed by atoms with Gasteiger partial charge < -0.3 is 4.90 Å². The summed E-state index contributed by atoms with van der Waals surface area (Å²) >= 11 is 6.58. The molecule has 1 unspecified atom stereocenters. The van der Waals surface area contributed by atoms with Crippen molar-refractivity contribution in [3.8, 4) is 6.07 Å². The zero-order valence-corrected chi connectivity index (χ0v) is 17.8. The Morgan fingerprint density at radius 2 is 1.77 bits per heavy atom. The van der Waals surface area contributed by atoms with E-state index in [2.05, 4.69) is 6.07 Å². The van der Waals surface area contributed by atoms with Crippen LogP contribution in [0.2, 0.25) is 5.02 Å². The second kappa shape index (κ2) is 9.46. The molecule has 1 atom stereocenters. The maximum atomic E-state index is 14.6. The molecule has 0 N–H and O–H groups in total. The van der Waals surface area contributed by atoms with E-state index < -0.39 is 23.8 Å². The van der Waals surface area contributed by atoms with Crippen molar-refractivity contribution in [2.75, 3.05) is 36.8 Å². The molecule has 0 spiro atoms. The molecule has 3 rings (SSSR count). The number of thioether (sulfide) groups is 1. The Kier molecular flexibility index (Phi) is 7.17. The Labute approximate surface area is 182 Å². The number of nitrogens with zero attached hydrogens (tertiary/aromatic N) is 3. The molecule has 1 fully saturated rings. The van der Waals surface area contributed by atoms with Crippen LogP contribution in [0.1, 0.15) is 17.2 Å². The summed E-state index contributed by atoms with van der Waals surface area (Å²) in [6, 6.07) is 11.7. The maximum absolute atomic E-state index is 14.6. The van der Waals surface area contributed by atoms with Gasteiger partial charge in [-0.05, 0) is 42.3 Å². The third-order valence-corrected chi connectivity index (χ3v) is 6.44. The molecule has 1 saturated heterocycles. The van der Waals surface area contributed by atoms with Crippen molar-refractivity contribution in [3.05, 3.63) is 58.4 Å². The van der Waals surface area contributed by atoms with Gasteiger partial charge in [0.15, 0.2) is 0 Å². The van der Waals surface area contributed by atoms with Crippen LogP contribution in [0.3, 0.4) is 0 Å². The number of piperazine rings is 1. The number of anilines is 1. The Bertz CT molecular complexity index is 920. The van der Waals surface area contributed by atoms with Crippen LogP contribution in [0.5, 0.6) is 0 Å². The molecule has 160 valence electrons. The van der Waals surface area contributed by atoms with Gasteiger partial charge in [0.2, 0.25) is 0 Å². The number of rotatable bonds is 5. The molecule has 9 heteroatoms. The van der Waals surface area contributed by atoms with Crippen LogP contribution in [-0.2, 0) is 0 Å². The average molecular weight is 458 g/mol. The monoisotopic (exact) mass is 457 g/mol. The van der Waals surface area contributed by atoms with Gasteiger partial charge in [0.25, 0.3) is 0 Å². The molecule has 1 aliphatic rings. The van der Waals surface area contributed by atoms with Crippen molar-refractivity contribution < 1.29 is 17.6 Å². The zero-order chi connectivity index (χ0) is 21.9. The van der Waals surface area contributed by atoms with E-state index in [1.54, 1.807) is 19.1 Å². The smallest absolute Gasteiger partial charge is 0.367 e. The maximum Gasteiger partial charge on any atom is 0.398 e. The van der Waals surface area contributed by atoms with Gasteiger partial charge in [-0.1, -0.05) is 23.7 Å². The molecule has 1 heterocycles. The van der Waals surface area contributed by atoms with Crippen LogP contribution >= 0.6 is 23.4 Å². The van der Waals surface area contributed by atoms with E-state index >= 15 is 0 Å². The summed E-state index contributed by atoms with van der Waals surface area (Å²) in [5, 5.41) is 10.2. The van der Waals surface area contributed by atoms with Crippen molar-refractivity contribution in [1.29, 1.82) is 5.26 Å². The van der Waals surface area contributed by atoms with E-state index in [9.17, 15) is 22.8 Å². The molecule has 2 aromatic rings. The van der Waals surface area contributed by atoms with Crippen molar-refractivity contribution in [3.63, 3.8) is 0 Å². The van der Waals surface area contributed by atoms with E-state index in [0.717, 1.165) is 5.56 Å². The first-order chi connectivity index (χ1) is 14.2. The summed E-state index contributed by atoms with van der Waals surface area (Å²) in [4.78, 5) is 4.24. The molecular weight excluding hydrogens is 438 g/mol. The van der Waals surface area contributed by atoms with Gasteiger partial charge in [0.1, 0.15) is 11.9 Å². The zero-order valence-electron chi connectivity index (χ0n) is 16.2. The Balaban J connectivity index is 1.71. The van der Waals surface area contributed by atoms with Crippen LogP contribution in [0, 0.1) is 24.1 Å². The van der Waals surface area contributed by atoms with Gasteiger partial charge in [-0.3, -0.25) is 4.90 Å². The minimum atomic E-state index is -4.29. The molecule has 0 radical (unpaired) electrons. The summed E-state index contributed by atoms with van der Waals surface area (Å²) in [5.41, 5.74) is 1.61. The highest BCUT2D eigenvalue weighted by Gasteiger charge is 2.29. The fourth-order valence-electron chi connectivity index (χ4n) is 3.43. The lowest BCUT2D eigenvalue weighted by atomic mass is 10.1. The minimum Gasteiger partial charge on any atom is -0.367 e. The van der Waals surface area contributed by atoms with Crippen molar-refractivity contribution in [2.24, 2.45) is 0 Å². The number of halogens is 5. The molecule has 0 bridgehead atoms. The van der Waals surface area contributed by atoms with Crippen molar-refractivity contribution in [1.82, 2.24) is 4.90 Å². The average Bonchev–Trinajstić information content (AvgIpc) is 2.69. The number of nitriles is 1. The highest BCUT2D eigenvalue weighted by atomic mass is 35.5. The lowest BCUT2D eigenvalue weighted by Gasteiger charge is -2.38. The van der Waals surface area contributed by atoms with Crippen molar-refractivity contribution in [2.45, 2.75) is 24.0 Å². The van der Waals surface area contributed by atoms with Gasteiger partial charge >= 0.3 is 6.18 Å². The molecule has 3 nitrogen and oxygen atoms in total. The quantitative estimate of drug-likeness (QED) is 0.417. The Hall–Kier alpha value is -1.95. The fraction of sp³-hybridized carbons (Fsp3) is 0.381. The highest BCUT2D eigenvalue weighted by molar-refractivity contribution is 7.99. The molecule has 2 aromatic carbocycles. The second-order valence-electron chi connectivity index (χ2n) is 7.08. The largest absolute Gasteiger partial charge is 0.398 e. The van der Waals surface area contributed by atoms with Gasteiger partial charge in [-0.15, -0.1) is 11.8 Å². The first-order valence-electron chi connectivity index (χ1n) is 9.32. The SMILES string of the molecule is Cc1cc(F)c(N2CCN(C(C#N)c3ccc(Cl)cc3)CC2)cc1SCC(F)(F)F. The lowest BCUT2D eigenvalue weighted by molar-refractivity contribution is -0.105. The first kappa shape index (κ1) is 22.7. The molecule has 1 aliphatic heterocycles. The topological polar surface area (TPSA) is 30.3 Å². The molecular formula is C21H20ClF4N3S. The summed E-state index contributed by atoms with van der Waals surface area (Å²) in [5.74, 6) is -1.47. The molecule has 30 heavy (non-hydrogen) atoms. The third kappa shape index (κ3) is 5.60. The van der Waals surface area contributed by atoms with Crippen LogP contribution in [0.15, 0.2) is 41.3 Å². The summed E-state index contributed by atoms with van der Waals surface area (Å²) in [6.45, 7) is 3.59. The van der Waals surface area contributed by atoms with E-state index in [4.69, 9.17) is 11.6 Å². The minimum absolute atomic E-state index is 0.296. The van der Waals surface area contributed by atoms with Crippen molar-refractivity contribution >= 4 is 29.1 Å². The Morgan fingerprint density at radius 3 is 2.33 bits per heavy atom. The van der Waals surface area contributed by atoms with Crippen LogP contribution in [-0.4, -0.2) is 43.0 Å². The van der Waals surface area contributed by atoms with Gasteiger partial charge in [0.05, 0.1) is 17.5 Å². The van der Waals surface area contributed by atoms with E-state index in [0.29, 0.717) is 59.1 Å². The van der Waals surface area contributed by atoms with Crippen LogP contribution < -0.4 is 4.90 Å². The third-order valence-electron chi connectivity index (χ3n) is 4.96. The molecule has 0 saturated carbocycles.